The van der Waals surface area contributed by atoms with Crippen LogP contribution < -0.4 is 5.32 Å². The number of nitrogens with one attached hydrogen (secondary N) is 1. The molecule has 2 saturated heterocycles. The molecule has 0 aromatic heterocycles. The van der Waals surface area contributed by atoms with E-state index >= 15 is 0 Å². The van der Waals surface area contributed by atoms with Crippen LogP contribution in [-0.2, 0) is 19.1 Å². The van der Waals surface area contributed by atoms with Gasteiger partial charge in [0, 0.05) is 26.2 Å². The molecule has 1 N–H and O–H groups in total. The SMILES string of the molecule is O=C(CN1CCOC(C(=O)N2CCOCC2)C1)Nc1ccccc1F. The van der Waals surface area contributed by atoms with Gasteiger partial charge in [0.1, 0.15) is 11.9 Å². The Hall–Kier alpha value is -2.03. The maximum atomic E-state index is 13.6. The van der Waals surface area contributed by atoms with Crippen LogP contribution in [0.4, 0.5) is 10.1 Å². The number of amides is 2. The highest BCUT2D eigenvalue weighted by molar-refractivity contribution is 5.92. The lowest BCUT2D eigenvalue weighted by Crippen LogP contribution is -2.54. The van der Waals surface area contributed by atoms with Crippen LogP contribution in [0.3, 0.4) is 0 Å². The molecule has 0 aliphatic carbocycles. The van der Waals surface area contributed by atoms with E-state index in [0.29, 0.717) is 46.0 Å². The Labute approximate surface area is 145 Å². The number of anilines is 1. The first-order valence-corrected chi connectivity index (χ1v) is 8.38. The van der Waals surface area contributed by atoms with Crippen LogP contribution in [0.2, 0.25) is 0 Å². The minimum Gasteiger partial charge on any atom is -0.378 e. The summed E-state index contributed by atoms with van der Waals surface area (Å²) < 4.78 is 24.4. The molecule has 7 nitrogen and oxygen atoms in total. The number of para-hydroxylation sites is 1. The van der Waals surface area contributed by atoms with Crippen LogP contribution in [0, 0.1) is 5.82 Å². The van der Waals surface area contributed by atoms with Crippen LogP contribution in [0.5, 0.6) is 0 Å². The minimum absolute atomic E-state index is 0.0671. The zero-order valence-electron chi connectivity index (χ0n) is 13.9. The zero-order chi connectivity index (χ0) is 17.6. The predicted octanol–water partition coefficient (Wildman–Crippen LogP) is 0.324. The van der Waals surface area contributed by atoms with Crippen LogP contribution in [0.1, 0.15) is 0 Å². The van der Waals surface area contributed by atoms with Gasteiger partial charge in [0.15, 0.2) is 0 Å². The van der Waals surface area contributed by atoms with Crippen LogP contribution in [0.15, 0.2) is 24.3 Å². The number of hydrogen-bond acceptors (Lipinski definition) is 5. The van der Waals surface area contributed by atoms with E-state index in [0.717, 1.165) is 0 Å². The van der Waals surface area contributed by atoms with E-state index in [9.17, 15) is 14.0 Å². The number of ether oxygens (including phenoxy) is 2. The molecule has 1 aromatic rings. The summed E-state index contributed by atoms with van der Waals surface area (Å²) in [6, 6.07) is 6.03. The maximum Gasteiger partial charge on any atom is 0.253 e. The summed E-state index contributed by atoms with van der Waals surface area (Å²) in [5.41, 5.74) is 0.154. The lowest BCUT2D eigenvalue weighted by Gasteiger charge is -2.35. The Balaban J connectivity index is 1.51. The molecule has 0 spiro atoms. The molecule has 136 valence electrons. The van der Waals surface area contributed by atoms with Crippen LogP contribution in [-0.4, -0.2) is 80.3 Å². The van der Waals surface area contributed by atoms with Crippen molar-refractivity contribution in [2.45, 2.75) is 6.10 Å². The zero-order valence-corrected chi connectivity index (χ0v) is 13.9. The molecule has 2 aliphatic heterocycles. The Bertz CT molecular complexity index is 622. The lowest BCUT2D eigenvalue weighted by molar-refractivity contribution is -0.154. The summed E-state index contributed by atoms with van der Waals surface area (Å²) in [6.07, 6.45) is -0.576. The second-order valence-corrected chi connectivity index (χ2v) is 6.06. The second-order valence-electron chi connectivity index (χ2n) is 6.06. The standard InChI is InChI=1S/C17H22FN3O4/c18-13-3-1-2-4-14(13)19-16(22)12-20-5-10-25-15(11-20)17(23)21-6-8-24-9-7-21/h1-4,15H,5-12H2,(H,19,22). The number of halogens is 1. The van der Waals surface area contributed by atoms with Gasteiger partial charge in [0.05, 0.1) is 32.1 Å². The van der Waals surface area contributed by atoms with Crippen molar-refractivity contribution in [2.75, 3.05) is 57.9 Å². The van der Waals surface area contributed by atoms with E-state index in [4.69, 9.17) is 9.47 Å². The summed E-state index contributed by atoms with van der Waals surface area (Å²) in [6.45, 7) is 3.57. The first-order valence-electron chi connectivity index (χ1n) is 8.38. The smallest absolute Gasteiger partial charge is 0.253 e. The maximum absolute atomic E-state index is 13.6. The van der Waals surface area contributed by atoms with E-state index in [1.807, 2.05) is 4.90 Å². The molecule has 1 unspecified atom stereocenters. The largest absolute Gasteiger partial charge is 0.378 e. The molecule has 0 radical (unpaired) electrons. The number of hydrogen-bond donors (Lipinski definition) is 1. The van der Waals surface area contributed by atoms with E-state index in [1.165, 1.54) is 12.1 Å². The molecule has 1 atom stereocenters. The van der Waals surface area contributed by atoms with Gasteiger partial charge in [-0.3, -0.25) is 14.5 Å². The van der Waals surface area contributed by atoms with Gasteiger partial charge in [-0.15, -0.1) is 0 Å². The average molecular weight is 351 g/mol. The normalized spacial score (nSPS) is 21.8. The third kappa shape index (κ3) is 4.75. The number of carbonyl (C=O) groups is 2. The fourth-order valence-electron chi connectivity index (χ4n) is 2.94. The number of morpholine rings is 2. The topological polar surface area (TPSA) is 71.1 Å². The third-order valence-corrected chi connectivity index (χ3v) is 4.26. The fourth-order valence-corrected chi connectivity index (χ4v) is 2.94. The molecule has 2 heterocycles. The molecule has 0 bridgehead atoms. The lowest BCUT2D eigenvalue weighted by atomic mass is 10.2. The van der Waals surface area contributed by atoms with E-state index in [2.05, 4.69) is 5.32 Å². The average Bonchev–Trinajstić information content (AvgIpc) is 2.64. The monoisotopic (exact) mass is 351 g/mol. The Morgan fingerprint density at radius 2 is 1.92 bits per heavy atom. The van der Waals surface area contributed by atoms with Crippen molar-refractivity contribution < 1.29 is 23.5 Å². The van der Waals surface area contributed by atoms with Gasteiger partial charge < -0.3 is 19.7 Å². The predicted molar refractivity (Wildman–Crippen MR) is 88.6 cm³/mol. The number of rotatable bonds is 4. The van der Waals surface area contributed by atoms with E-state index in [-0.39, 0.29) is 24.0 Å². The van der Waals surface area contributed by atoms with Gasteiger partial charge in [-0.2, -0.15) is 0 Å². The van der Waals surface area contributed by atoms with Gasteiger partial charge in [0.2, 0.25) is 5.91 Å². The first-order chi connectivity index (χ1) is 12.1. The van der Waals surface area contributed by atoms with E-state index < -0.39 is 11.9 Å². The summed E-state index contributed by atoms with van der Waals surface area (Å²) in [4.78, 5) is 28.2. The van der Waals surface area contributed by atoms with Crippen molar-refractivity contribution in [2.24, 2.45) is 0 Å². The number of carbonyl (C=O) groups excluding carboxylic acids is 2. The first kappa shape index (κ1) is 17.8. The summed E-state index contributed by atoms with van der Waals surface area (Å²) in [5, 5.41) is 2.56. The quantitative estimate of drug-likeness (QED) is 0.846. The van der Waals surface area contributed by atoms with Crippen molar-refractivity contribution in [1.82, 2.24) is 9.80 Å². The van der Waals surface area contributed by atoms with Gasteiger partial charge >= 0.3 is 0 Å². The summed E-state index contributed by atoms with van der Waals surface area (Å²) in [5.74, 6) is -0.856. The third-order valence-electron chi connectivity index (χ3n) is 4.26. The summed E-state index contributed by atoms with van der Waals surface area (Å²) >= 11 is 0. The molecular weight excluding hydrogens is 329 g/mol. The van der Waals surface area contributed by atoms with Crippen molar-refractivity contribution in [3.63, 3.8) is 0 Å². The molecule has 2 fully saturated rings. The van der Waals surface area contributed by atoms with Crippen molar-refractivity contribution in [3.8, 4) is 0 Å². The van der Waals surface area contributed by atoms with Crippen molar-refractivity contribution >= 4 is 17.5 Å². The highest BCUT2D eigenvalue weighted by Crippen LogP contribution is 2.13. The molecule has 25 heavy (non-hydrogen) atoms. The Morgan fingerprint density at radius 3 is 2.68 bits per heavy atom. The molecule has 0 saturated carbocycles. The molecule has 3 rings (SSSR count). The van der Waals surface area contributed by atoms with Crippen molar-refractivity contribution in [3.05, 3.63) is 30.1 Å². The van der Waals surface area contributed by atoms with E-state index in [1.54, 1.807) is 17.0 Å². The Morgan fingerprint density at radius 1 is 1.16 bits per heavy atom. The second kappa shape index (κ2) is 8.37. The Kier molecular flexibility index (Phi) is 5.95. The molecule has 2 aliphatic rings. The van der Waals surface area contributed by atoms with Gasteiger partial charge in [0.25, 0.3) is 5.91 Å². The van der Waals surface area contributed by atoms with Crippen LogP contribution in [0.25, 0.3) is 0 Å². The highest BCUT2D eigenvalue weighted by atomic mass is 19.1. The summed E-state index contributed by atoms with van der Waals surface area (Å²) in [7, 11) is 0. The fraction of sp³-hybridized carbons (Fsp3) is 0.529. The van der Waals surface area contributed by atoms with Gasteiger partial charge in [-0.25, -0.2) is 4.39 Å². The van der Waals surface area contributed by atoms with Gasteiger partial charge in [-0.05, 0) is 12.1 Å². The minimum atomic E-state index is -0.576. The van der Waals surface area contributed by atoms with Crippen LogP contribution >= 0.6 is 0 Å². The number of nitrogens with zero attached hydrogens (tertiary/aromatic N) is 2. The highest BCUT2D eigenvalue weighted by Gasteiger charge is 2.31. The number of benzene rings is 1. The molecule has 1 aromatic carbocycles. The molecule has 8 heteroatoms. The van der Waals surface area contributed by atoms with Crippen molar-refractivity contribution in [1.29, 1.82) is 0 Å². The molecule has 2 amide bonds. The molecular formula is C17H22FN3O4. The van der Waals surface area contributed by atoms with Gasteiger partial charge in [-0.1, -0.05) is 12.1 Å².